The van der Waals surface area contributed by atoms with E-state index in [1.807, 2.05) is 0 Å². The molecule has 2 aromatic rings. The van der Waals surface area contributed by atoms with E-state index < -0.39 is 35.9 Å². The highest BCUT2D eigenvalue weighted by Crippen LogP contribution is 2.11. The van der Waals surface area contributed by atoms with E-state index in [1.54, 1.807) is 12.1 Å². The van der Waals surface area contributed by atoms with Crippen LogP contribution in [-0.4, -0.2) is 61.8 Å². The summed E-state index contributed by atoms with van der Waals surface area (Å²) in [7, 11) is 0. The second kappa shape index (κ2) is 10.5. The molecule has 0 aliphatic carbocycles. The first-order valence-corrected chi connectivity index (χ1v) is 9.38. The number of aromatic amines is 1. The van der Waals surface area contributed by atoms with Crippen molar-refractivity contribution in [2.24, 2.45) is 5.73 Å². The van der Waals surface area contributed by atoms with Crippen LogP contribution >= 0.6 is 12.6 Å². The highest BCUT2D eigenvalue weighted by atomic mass is 32.1. The number of carbonyl (C=O) groups is 3. The number of phenols is 1. The standard InChI is InChI=1S/C18H23N5O5S/c19-13(5-10-1-3-12(24)4-2-10)16(25)23-15(8-29)17(26)22-14(18(27)28)6-11-7-20-9-21-11/h1-4,7,9,13-15,24,29H,5-6,8,19H2,(H,20,21)(H,22,26)(H,23,25)(H,27,28). The highest BCUT2D eigenvalue weighted by molar-refractivity contribution is 7.80. The van der Waals surface area contributed by atoms with Crippen LogP contribution in [0.1, 0.15) is 11.3 Å². The number of imidazole rings is 1. The van der Waals surface area contributed by atoms with Crippen molar-refractivity contribution in [3.8, 4) is 5.75 Å². The lowest BCUT2D eigenvalue weighted by molar-refractivity contribution is -0.142. The summed E-state index contributed by atoms with van der Waals surface area (Å²) in [4.78, 5) is 42.8. The Morgan fingerprint density at radius 2 is 1.76 bits per heavy atom. The summed E-state index contributed by atoms with van der Waals surface area (Å²) in [5, 5.41) is 23.5. The third-order valence-electron chi connectivity index (χ3n) is 4.14. The van der Waals surface area contributed by atoms with Crippen LogP contribution in [-0.2, 0) is 27.2 Å². The Morgan fingerprint density at radius 3 is 2.31 bits per heavy atom. The van der Waals surface area contributed by atoms with Crippen molar-refractivity contribution in [1.82, 2.24) is 20.6 Å². The number of nitrogens with two attached hydrogens (primary N) is 1. The van der Waals surface area contributed by atoms with Gasteiger partial charge in [-0.15, -0.1) is 0 Å². The van der Waals surface area contributed by atoms with Crippen LogP contribution < -0.4 is 16.4 Å². The van der Waals surface area contributed by atoms with Gasteiger partial charge >= 0.3 is 5.97 Å². The number of benzene rings is 1. The molecule has 156 valence electrons. The Kier molecular flexibility index (Phi) is 8.04. The molecule has 11 heteroatoms. The maximum atomic E-state index is 12.4. The monoisotopic (exact) mass is 421 g/mol. The van der Waals surface area contributed by atoms with Gasteiger partial charge in [0.1, 0.15) is 17.8 Å². The molecule has 0 aliphatic rings. The first kappa shape index (κ1) is 22.2. The summed E-state index contributed by atoms with van der Waals surface area (Å²) in [5.41, 5.74) is 7.17. The molecule has 0 aliphatic heterocycles. The molecule has 2 amide bonds. The smallest absolute Gasteiger partial charge is 0.326 e. The number of carbonyl (C=O) groups excluding carboxylic acids is 2. The van der Waals surface area contributed by atoms with Gasteiger partial charge in [0.25, 0.3) is 0 Å². The van der Waals surface area contributed by atoms with Crippen LogP contribution in [0, 0.1) is 0 Å². The zero-order valence-corrected chi connectivity index (χ0v) is 16.3. The number of aliphatic carboxylic acids is 1. The van der Waals surface area contributed by atoms with Gasteiger partial charge in [-0.3, -0.25) is 9.59 Å². The molecule has 0 radical (unpaired) electrons. The van der Waals surface area contributed by atoms with Gasteiger partial charge in [-0.25, -0.2) is 9.78 Å². The van der Waals surface area contributed by atoms with Crippen molar-refractivity contribution >= 4 is 30.4 Å². The Bertz CT molecular complexity index is 828. The summed E-state index contributed by atoms with van der Waals surface area (Å²) in [6, 6.07) is 3.05. The molecule has 1 aromatic heterocycles. The van der Waals surface area contributed by atoms with E-state index in [0.29, 0.717) is 5.69 Å². The minimum absolute atomic E-state index is 0.00861. The number of nitrogens with one attached hydrogen (secondary N) is 3. The van der Waals surface area contributed by atoms with Crippen molar-refractivity contribution in [3.05, 3.63) is 48.0 Å². The van der Waals surface area contributed by atoms with Gasteiger partial charge in [0.05, 0.1) is 12.4 Å². The molecule has 0 spiro atoms. The molecule has 0 bridgehead atoms. The van der Waals surface area contributed by atoms with E-state index in [0.717, 1.165) is 5.56 Å². The fourth-order valence-corrected chi connectivity index (χ4v) is 2.80. The van der Waals surface area contributed by atoms with E-state index in [-0.39, 0.29) is 24.3 Å². The van der Waals surface area contributed by atoms with Crippen LogP contribution in [0.4, 0.5) is 0 Å². The average Bonchev–Trinajstić information content (AvgIpc) is 3.20. The number of carboxylic acid groups (broad SMARTS) is 1. The third-order valence-corrected chi connectivity index (χ3v) is 4.50. The van der Waals surface area contributed by atoms with Crippen LogP contribution in [0.15, 0.2) is 36.8 Å². The summed E-state index contributed by atoms with van der Waals surface area (Å²) in [5.74, 6) is -2.42. The fraction of sp³-hybridized carbons (Fsp3) is 0.333. The van der Waals surface area contributed by atoms with Crippen molar-refractivity contribution < 1.29 is 24.6 Å². The maximum Gasteiger partial charge on any atom is 0.326 e. The highest BCUT2D eigenvalue weighted by Gasteiger charge is 2.27. The molecule has 3 atom stereocenters. The van der Waals surface area contributed by atoms with Gasteiger partial charge in [-0.1, -0.05) is 12.1 Å². The average molecular weight is 421 g/mol. The molecule has 0 saturated heterocycles. The van der Waals surface area contributed by atoms with Gasteiger partial charge in [-0.2, -0.15) is 12.6 Å². The lowest BCUT2D eigenvalue weighted by atomic mass is 10.1. The predicted molar refractivity (Wildman–Crippen MR) is 107 cm³/mol. The van der Waals surface area contributed by atoms with Crippen LogP contribution in [0.3, 0.4) is 0 Å². The first-order chi connectivity index (χ1) is 13.8. The van der Waals surface area contributed by atoms with Crippen LogP contribution in [0.5, 0.6) is 5.75 Å². The quantitative estimate of drug-likeness (QED) is 0.246. The van der Waals surface area contributed by atoms with E-state index in [9.17, 15) is 24.6 Å². The molecule has 29 heavy (non-hydrogen) atoms. The fourth-order valence-electron chi connectivity index (χ4n) is 2.54. The SMILES string of the molecule is NC(Cc1ccc(O)cc1)C(=O)NC(CS)C(=O)NC(Cc1cnc[nH]1)C(=O)O. The molecule has 0 saturated carbocycles. The van der Waals surface area contributed by atoms with Gasteiger partial charge < -0.3 is 31.6 Å². The Balaban J connectivity index is 1.93. The minimum atomic E-state index is -1.22. The van der Waals surface area contributed by atoms with Gasteiger partial charge in [0.2, 0.25) is 11.8 Å². The number of rotatable bonds is 10. The Hall–Kier alpha value is -3.05. The largest absolute Gasteiger partial charge is 0.508 e. The predicted octanol–water partition coefficient (Wildman–Crippen LogP) is -0.788. The number of H-pyrrole nitrogens is 1. The number of phenolic OH excluding ortho intramolecular Hbond substituents is 1. The minimum Gasteiger partial charge on any atom is -0.508 e. The summed E-state index contributed by atoms with van der Waals surface area (Å²) in [6.07, 6.45) is 3.07. The number of hydrogen-bond acceptors (Lipinski definition) is 7. The molecule has 2 rings (SSSR count). The second-order valence-corrected chi connectivity index (χ2v) is 6.77. The lowest BCUT2D eigenvalue weighted by Gasteiger charge is -2.21. The number of carboxylic acids is 1. The number of aromatic hydroxyl groups is 1. The van der Waals surface area contributed by atoms with Gasteiger partial charge in [-0.05, 0) is 24.1 Å². The van der Waals surface area contributed by atoms with Crippen molar-refractivity contribution in [3.63, 3.8) is 0 Å². The molecule has 10 nitrogen and oxygen atoms in total. The maximum absolute atomic E-state index is 12.4. The second-order valence-electron chi connectivity index (χ2n) is 6.40. The van der Waals surface area contributed by atoms with E-state index in [4.69, 9.17) is 5.73 Å². The number of hydrogen-bond donors (Lipinski definition) is 7. The number of nitrogens with zero attached hydrogens (tertiary/aromatic N) is 1. The third kappa shape index (κ3) is 6.80. The van der Waals surface area contributed by atoms with E-state index in [1.165, 1.54) is 24.7 Å². The Labute approximate surface area is 172 Å². The molecule has 3 unspecified atom stereocenters. The lowest BCUT2D eigenvalue weighted by Crippen LogP contribution is -2.55. The number of aromatic nitrogens is 2. The normalized spacial score (nSPS) is 13.9. The zero-order chi connectivity index (χ0) is 21.4. The van der Waals surface area contributed by atoms with E-state index >= 15 is 0 Å². The van der Waals surface area contributed by atoms with E-state index in [2.05, 4.69) is 33.2 Å². The Morgan fingerprint density at radius 1 is 1.10 bits per heavy atom. The molecule has 1 aromatic carbocycles. The summed E-state index contributed by atoms with van der Waals surface area (Å²) in [6.45, 7) is 0. The van der Waals surface area contributed by atoms with Crippen LogP contribution in [0.2, 0.25) is 0 Å². The van der Waals surface area contributed by atoms with Gasteiger partial charge in [0, 0.05) is 24.1 Å². The van der Waals surface area contributed by atoms with Crippen molar-refractivity contribution in [2.75, 3.05) is 5.75 Å². The topological polar surface area (TPSA) is 170 Å². The number of amides is 2. The van der Waals surface area contributed by atoms with Crippen molar-refractivity contribution in [1.29, 1.82) is 0 Å². The van der Waals surface area contributed by atoms with Crippen LogP contribution in [0.25, 0.3) is 0 Å². The first-order valence-electron chi connectivity index (χ1n) is 8.75. The molecule has 7 N–H and O–H groups in total. The van der Waals surface area contributed by atoms with Crippen molar-refractivity contribution in [2.45, 2.75) is 31.0 Å². The summed E-state index contributed by atoms with van der Waals surface area (Å²) >= 11 is 4.06. The molecular weight excluding hydrogens is 398 g/mol. The van der Waals surface area contributed by atoms with Gasteiger partial charge in [0.15, 0.2) is 0 Å². The number of thiol groups is 1. The molecule has 1 heterocycles. The zero-order valence-electron chi connectivity index (χ0n) is 15.4. The summed E-state index contributed by atoms with van der Waals surface area (Å²) < 4.78 is 0. The molecular formula is C18H23N5O5S. The molecule has 0 fully saturated rings.